The van der Waals surface area contributed by atoms with Crippen molar-refractivity contribution in [3.63, 3.8) is 0 Å². The van der Waals surface area contributed by atoms with Crippen LogP contribution in [0.15, 0.2) is 39.9 Å². The summed E-state index contributed by atoms with van der Waals surface area (Å²) in [6, 6.07) is 4.85. The lowest BCUT2D eigenvalue weighted by molar-refractivity contribution is 0.412. The van der Waals surface area contributed by atoms with Crippen molar-refractivity contribution in [2.45, 2.75) is 0 Å². The molecule has 0 saturated carbocycles. The second-order valence-corrected chi connectivity index (χ2v) is 2.69. The number of fused-ring (bicyclic) bond motifs is 1. The van der Waals surface area contributed by atoms with Crippen LogP contribution in [0, 0.1) is 0 Å². The van der Waals surface area contributed by atoms with E-state index >= 15 is 0 Å². The molecule has 0 saturated heterocycles. The van der Waals surface area contributed by atoms with E-state index in [-0.39, 0.29) is 5.43 Å². The van der Waals surface area contributed by atoms with Crippen LogP contribution >= 0.6 is 0 Å². The predicted octanol–water partition coefficient (Wildman–Crippen LogP) is 1.80. The Labute approximate surface area is 74.6 Å². The largest absolute Gasteiger partial charge is 0.493 e. The molecule has 1 aromatic heterocycles. The van der Waals surface area contributed by atoms with E-state index in [9.17, 15) is 4.79 Å². The smallest absolute Gasteiger partial charge is 0.220 e. The highest BCUT2D eigenvalue weighted by molar-refractivity contribution is 5.81. The molecule has 3 nitrogen and oxygen atoms in total. The lowest BCUT2D eigenvalue weighted by Crippen LogP contribution is -1.99. The first-order chi connectivity index (χ1) is 6.31. The first-order valence-electron chi connectivity index (χ1n) is 3.85. The molecule has 0 aliphatic heterocycles. The van der Waals surface area contributed by atoms with Gasteiger partial charge in [-0.05, 0) is 18.2 Å². The summed E-state index contributed by atoms with van der Waals surface area (Å²) >= 11 is 0. The zero-order valence-electron chi connectivity index (χ0n) is 7.11. The lowest BCUT2D eigenvalue weighted by atomic mass is 10.3. The van der Waals surface area contributed by atoms with E-state index in [0.29, 0.717) is 5.75 Å². The molecule has 0 amide bonds. The zero-order chi connectivity index (χ0) is 9.26. The Morgan fingerprint density at radius 1 is 1.23 bits per heavy atom. The highest BCUT2D eigenvalue weighted by atomic mass is 16.5. The van der Waals surface area contributed by atoms with Gasteiger partial charge in [0.05, 0.1) is 19.6 Å². The van der Waals surface area contributed by atoms with Crippen molar-refractivity contribution in [1.82, 2.24) is 0 Å². The van der Waals surface area contributed by atoms with Crippen LogP contribution in [0.2, 0.25) is 0 Å². The van der Waals surface area contributed by atoms with Gasteiger partial charge in [0.15, 0.2) is 5.75 Å². The summed E-state index contributed by atoms with van der Waals surface area (Å²) in [5.74, 6) is 0.330. The average Bonchev–Trinajstić information content (AvgIpc) is 2.52. The fraction of sp³-hybridized carbons (Fsp3) is 0.100. The Kier molecular flexibility index (Phi) is 1.77. The van der Waals surface area contributed by atoms with Gasteiger partial charge >= 0.3 is 0 Å². The maximum Gasteiger partial charge on any atom is 0.220 e. The fourth-order valence-corrected chi connectivity index (χ4v) is 1.19. The van der Waals surface area contributed by atoms with Gasteiger partial charge in [0.2, 0.25) is 5.43 Å². The highest BCUT2D eigenvalue weighted by Gasteiger charge is 1.99. The van der Waals surface area contributed by atoms with Gasteiger partial charge in [-0.2, -0.15) is 0 Å². The summed E-state index contributed by atoms with van der Waals surface area (Å²) in [6.45, 7) is 0. The molecule has 0 aliphatic carbocycles. The van der Waals surface area contributed by atoms with Crippen LogP contribution in [-0.4, -0.2) is 7.11 Å². The fourth-order valence-electron chi connectivity index (χ4n) is 1.19. The number of hydrogen-bond acceptors (Lipinski definition) is 3. The monoisotopic (exact) mass is 176 g/mol. The summed E-state index contributed by atoms with van der Waals surface area (Å²) in [5.41, 5.74) is -0.126. The van der Waals surface area contributed by atoms with Gasteiger partial charge in [-0.3, -0.25) is 4.79 Å². The van der Waals surface area contributed by atoms with E-state index in [1.54, 1.807) is 24.7 Å². The molecule has 0 N–H and O–H groups in total. The minimum atomic E-state index is -0.126. The lowest BCUT2D eigenvalue weighted by Gasteiger charge is -1.90. The molecule has 0 bridgehead atoms. The summed E-state index contributed by atoms with van der Waals surface area (Å²) < 4.78 is 9.92. The Morgan fingerprint density at radius 3 is 2.77 bits per heavy atom. The van der Waals surface area contributed by atoms with E-state index in [2.05, 4.69) is 0 Å². The molecule has 0 fully saturated rings. The van der Waals surface area contributed by atoms with Crippen LogP contribution < -0.4 is 10.2 Å². The van der Waals surface area contributed by atoms with Crippen molar-refractivity contribution in [1.29, 1.82) is 0 Å². The van der Waals surface area contributed by atoms with Gasteiger partial charge in [0.1, 0.15) is 0 Å². The molecule has 0 radical (unpaired) electrons. The van der Waals surface area contributed by atoms with E-state index < -0.39 is 0 Å². The van der Waals surface area contributed by atoms with Crippen LogP contribution in [-0.2, 0) is 0 Å². The Bertz CT molecular complexity index is 485. The molecule has 0 atom stereocenters. The Balaban J connectivity index is 2.87. The SMILES string of the molecule is COc1cc2cocc2ccc1=O. The molecule has 2 rings (SSSR count). The van der Waals surface area contributed by atoms with Gasteiger partial charge < -0.3 is 9.15 Å². The van der Waals surface area contributed by atoms with E-state index in [4.69, 9.17) is 9.15 Å². The van der Waals surface area contributed by atoms with E-state index in [1.165, 1.54) is 13.2 Å². The van der Waals surface area contributed by atoms with Crippen LogP contribution in [0.5, 0.6) is 5.75 Å². The van der Waals surface area contributed by atoms with Crippen LogP contribution in [0.25, 0.3) is 10.8 Å². The first kappa shape index (κ1) is 7.86. The third-order valence-electron chi connectivity index (χ3n) is 1.89. The topological polar surface area (TPSA) is 39.4 Å². The highest BCUT2D eigenvalue weighted by Crippen LogP contribution is 2.15. The third-order valence-corrected chi connectivity index (χ3v) is 1.89. The van der Waals surface area contributed by atoms with Gasteiger partial charge in [-0.1, -0.05) is 0 Å². The van der Waals surface area contributed by atoms with Gasteiger partial charge in [0, 0.05) is 10.8 Å². The Morgan fingerprint density at radius 2 is 2.00 bits per heavy atom. The molecule has 0 unspecified atom stereocenters. The van der Waals surface area contributed by atoms with Crippen molar-refractivity contribution in [2.75, 3.05) is 7.11 Å². The number of furan rings is 1. The summed E-state index contributed by atoms with van der Waals surface area (Å²) in [5, 5.41) is 1.75. The van der Waals surface area contributed by atoms with Crippen LogP contribution in [0.4, 0.5) is 0 Å². The number of ether oxygens (including phenoxy) is 1. The molecule has 0 aliphatic rings. The molecular weight excluding hydrogens is 168 g/mol. The minimum absolute atomic E-state index is 0.126. The molecule has 1 heterocycles. The van der Waals surface area contributed by atoms with Crippen molar-refractivity contribution in [2.24, 2.45) is 0 Å². The first-order valence-corrected chi connectivity index (χ1v) is 3.85. The maximum atomic E-state index is 11.3. The molecule has 3 heteroatoms. The molecule has 66 valence electrons. The Hall–Kier alpha value is -1.77. The second-order valence-electron chi connectivity index (χ2n) is 2.69. The standard InChI is InChI=1S/C10H8O3/c1-12-10-4-8-6-13-5-7(8)2-3-9(10)11/h2-6H,1H3. The molecule has 13 heavy (non-hydrogen) atoms. The molecular formula is C10H8O3. The summed E-state index contributed by atoms with van der Waals surface area (Å²) in [7, 11) is 1.47. The number of methoxy groups -OCH3 is 1. The van der Waals surface area contributed by atoms with Crippen LogP contribution in [0.1, 0.15) is 0 Å². The van der Waals surface area contributed by atoms with Crippen molar-refractivity contribution >= 4 is 10.8 Å². The van der Waals surface area contributed by atoms with Crippen molar-refractivity contribution in [3.05, 3.63) is 40.9 Å². The second kappa shape index (κ2) is 2.94. The van der Waals surface area contributed by atoms with Crippen LogP contribution in [0.3, 0.4) is 0 Å². The number of hydrogen-bond donors (Lipinski definition) is 0. The normalized spacial score (nSPS) is 10.2. The van der Waals surface area contributed by atoms with E-state index in [0.717, 1.165) is 10.8 Å². The summed E-state index contributed by atoms with van der Waals surface area (Å²) in [6.07, 6.45) is 3.17. The molecule has 0 spiro atoms. The van der Waals surface area contributed by atoms with Gasteiger partial charge in [-0.15, -0.1) is 0 Å². The van der Waals surface area contributed by atoms with Crippen molar-refractivity contribution < 1.29 is 9.15 Å². The predicted molar refractivity (Wildman–Crippen MR) is 49.0 cm³/mol. The average molecular weight is 176 g/mol. The van der Waals surface area contributed by atoms with Gasteiger partial charge in [-0.25, -0.2) is 0 Å². The van der Waals surface area contributed by atoms with E-state index in [1.807, 2.05) is 0 Å². The van der Waals surface area contributed by atoms with Gasteiger partial charge in [0.25, 0.3) is 0 Å². The minimum Gasteiger partial charge on any atom is -0.493 e. The molecule has 1 aromatic carbocycles. The third kappa shape index (κ3) is 1.28. The summed E-state index contributed by atoms with van der Waals surface area (Å²) in [4.78, 5) is 11.3. The quantitative estimate of drug-likeness (QED) is 0.665. The number of rotatable bonds is 1. The van der Waals surface area contributed by atoms with Crippen molar-refractivity contribution in [3.8, 4) is 5.75 Å². The molecule has 2 aromatic rings. The maximum absolute atomic E-state index is 11.3. The zero-order valence-corrected chi connectivity index (χ0v) is 7.11.